The van der Waals surface area contributed by atoms with Crippen molar-refractivity contribution in [3.63, 3.8) is 0 Å². The SMILES string of the molecule is Cc1cccc(C)c1Oc1noc(=O)n1C. The van der Waals surface area contributed by atoms with E-state index in [0.29, 0.717) is 5.75 Å². The number of hydrogen-bond donors (Lipinski definition) is 0. The van der Waals surface area contributed by atoms with E-state index in [9.17, 15) is 4.79 Å². The first-order valence-electron chi connectivity index (χ1n) is 4.86. The molecule has 0 bridgehead atoms. The van der Waals surface area contributed by atoms with Crippen LogP contribution in [-0.2, 0) is 7.05 Å². The summed E-state index contributed by atoms with van der Waals surface area (Å²) in [6, 6.07) is 5.96. The third-order valence-corrected chi connectivity index (χ3v) is 2.36. The van der Waals surface area contributed by atoms with Gasteiger partial charge in [-0.25, -0.2) is 9.36 Å². The first-order chi connectivity index (χ1) is 7.59. The Bertz CT molecular complexity index is 549. The molecule has 2 rings (SSSR count). The van der Waals surface area contributed by atoms with Gasteiger partial charge >= 0.3 is 11.8 Å². The Morgan fingerprint density at radius 3 is 2.44 bits per heavy atom. The molecule has 0 radical (unpaired) electrons. The predicted molar refractivity (Wildman–Crippen MR) is 57.7 cm³/mol. The highest BCUT2D eigenvalue weighted by molar-refractivity contribution is 5.41. The Balaban J connectivity index is 2.41. The molecular formula is C11H12N2O3. The Morgan fingerprint density at radius 1 is 1.31 bits per heavy atom. The fourth-order valence-electron chi connectivity index (χ4n) is 1.42. The van der Waals surface area contributed by atoms with Crippen LogP contribution in [0.1, 0.15) is 11.1 Å². The van der Waals surface area contributed by atoms with Gasteiger partial charge in [0.1, 0.15) is 5.75 Å². The Hall–Kier alpha value is -2.04. The largest absolute Gasteiger partial charge is 0.444 e. The fourth-order valence-corrected chi connectivity index (χ4v) is 1.42. The van der Waals surface area contributed by atoms with Crippen molar-refractivity contribution >= 4 is 0 Å². The van der Waals surface area contributed by atoms with Crippen LogP contribution in [0.5, 0.6) is 11.8 Å². The molecule has 5 nitrogen and oxygen atoms in total. The van der Waals surface area contributed by atoms with Crippen molar-refractivity contribution in [2.75, 3.05) is 0 Å². The third-order valence-electron chi connectivity index (χ3n) is 2.36. The average Bonchev–Trinajstić information content (AvgIpc) is 2.55. The number of rotatable bonds is 2. The Labute approximate surface area is 92.3 Å². The summed E-state index contributed by atoms with van der Waals surface area (Å²) in [4.78, 5) is 11.1. The standard InChI is InChI=1S/C11H12N2O3/c1-7-5-4-6-8(2)9(7)15-10-12-16-11(14)13(10)3/h4-6H,1-3H3. The molecule has 0 aliphatic rings. The van der Waals surface area contributed by atoms with Gasteiger partial charge in [0.05, 0.1) is 0 Å². The summed E-state index contributed by atoms with van der Waals surface area (Å²) in [6.45, 7) is 3.86. The van der Waals surface area contributed by atoms with E-state index in [2.05, 4.69) is 9.68 Å². The zero-order chi connectivity index (χ0) is 11.7. The highest BCUT2D eigenvalue weighted by atomic mass is 16.6. The van der Waals surface area contributed by atoms with Gasteiger partial charge in [0.15, 0.2) is 0 Å². The molecule has 0 aliphatic heterocycles. The van der Waals surface area contributed by atoms with Gasteiger partial charge in [-0.3, -0.25) is 4.52 Å². The van der Waals surface area contributed by atoms with Crippen molar-refractivity contribution < 1.29 is 9.26 Å². The number of aromatic nitrogens is 2. The van der Waals surface area contributed by atoms with Gasteiger partial charge in [-0.2, -0.15) is 0 Å². The quantitative estimate of drug-likeness (QED) is 0.774. The number of hydrogen-bond acceptors (Lipinski definition) is 4. The van der Waals surface area contributed by atoms with Gasteiger partial charge in [-0.1, -0.05) is 18.2 Å². The van der Waals surface area contributed by atoms with E-state index in [1.807, 2.05) is 32.0 Å². The molecule has 0 N–H and O–H groups in total. The maximum Gasteiger partial charge on any atom is 0.444 e. The van der Waals surface area contributed by atoms with E-state index in [1.54, 1.807) is 7.05 Å². The van der Waals surface area contributed by atoms with Crippen LogP contribution >= 0.6 is 0 Å². The molecule has 5 heteroatoms. The van der Waals surface area contributed by atoms with Crippen molar-refractivity contribution in [2.45, 2.75) is 13.8 Å². The maximum atomic E-state index is 11.1. The first kappa shape index (κ1) is 10.5. The number of benzene rings is 1. The monoisotopic (exact) mass is 220 g/mol. The Kier molecular flexibility index (Phi) is 2.52. The van der Waals surface area contributed by atoms with Gasteiger partial charge in [-0.15, -0.1) is 0 Å². The lowest BCUT2D eigenvalue weighted by molar-refractivity contribution is 0.349. The predicted octanol–water partition coefficient (Wildman–Crippen LogP) is 1.78. The van der Waals surface area contributed by atoms with Crippen LogP contribution in [0, 0.1) is 13.8 Å². The second-order valence-corrected chi connectivity index (χ2v) is 3.61. The third kappa shape index (κ3) is 1.71. The van der Waals surface area contributed by atoms with Crippen molar-refractivity contribution in [1.29, 1.82) is 0 Å². The van der Waals surface area contributed by atoms with E-state index in [-0.39, 0.29) is 6.01 Å². The first-order valence-corrected chi connectivity index (χ1v) is 4.86. The average molecular weight is 220 g/mol. The lowest BCUT2D eigenvalue weighted by atomic mass is 10.1. The zero-order valence-corrected chi connectivity index (χ0v) is 9.35. The summed E-state index contributed by atoms with van der Waals surface area (Å²) in [6.07, 6.45) is 0. The summed E-state index contributed by atoms with van der Waals surface area (Å²) in [7, 11) is 1.54. The molecule has 84 valence electrons. The summed E-state index contributed by atoms with van der Waals surface area (Å²) < 4.78 is 11.2. The molecule has 0 saturated heterocycles. The topological polar surface area (TPSA) is 57.3 Å². The number of aryl methyl sites for hydroxylation is 2. The van der Waals surface area contributed by atoms with Crippen molar-refractivity contribution in [3.05, 3.63) is 39.9 Å². The van der Waals surface area contributed by atoms with E-state index in [4.69, 9.17) is 4.74 Å². The summed E-state index contributed by atoms with van der Waals surface area (Å²) >= 11 is 0. The minimum absolute atomic E-state index is 0.155. The van der Waals surface area contributed by atoms with E-state index >= 15 is 0 Å². The molecular weight excluding hydrogens is 208 g/mol. The molecule has 0 amide bonds. The van der Waals surface area contributed by atoms with Crippen LogP contribution in [0.2, 0.25) is 0 Å². The van der Waals surface area contributed by atoms with Gasteiger partial charge < -0.3 is 4.74 Å². The van der Waals surface area contributed by atoms with Crippen LogP contribution in [0.15, 0.2) is 27.5 Å². The number of para-hydroxylation sites is 1. The lowest BCUT2D eigenvalue weighted by Gasteiger charge is -2.08. The molecule has 1 aromatic heterocycles. The van der Waals surface area contributed by atoms with Gasteiger partial charge in [-0.05, 0) is 30.1 Å². The second kappa shape index (κ2) is 3.84. The molecule has 1 heterocycles. The van der Waals surface area contributed by atoms with E-state index < -0.39 is 5.76 Å². The summed E-state index contributed by atoms with van der Waals surface area (Å²) in [5.41, 5.74) is 1.96. The molecule has 1 aromatic carbocycles. The summed E-state index contributed by atoms with van der Waals surface area (Å²) in [5, 5.41) is 3.55. The molecule has 0 spiro atoms. The number of nitrogens with zero attached hydrogens (tertiary/aromatic N) is 2. The van der Waals surface area contributed by atoms with Gasteiger partial charge in [0.2, 0.25) is 0 Å². The van der Waals surface area contributed by atoms with Crippen molar-refractivity contribution in [2.24, 2.45) is 7.05 Å². The van der Waals surface area contributed by atoms with Crippen molar-refractivity contribution in [1.82, 2.24) is 9.72 Å². The van der Waals surface area contributed by atoms with E-state index in [0.717, 1.165) is 11.1 Å². The highest BCUT2D eigenvalue weighted by Gasteiger charge is 2.11. The molecule has 0 unspecified atom stereocenters. The smallest absolute Gasteiger partial charge is 0.423 e. The zero-order valence-electron chi connectivity index (χ0n) is 9.35. The van der Waals surface area contributed by atoms with Crippen molar-refractivity contribution in [3.8, 4) is 11.8 Å². The lowest BCUT2D eigenvalue weighted by Crippen LogP contribution is -2.10. The Morgan fingerprint density at radius 2 is 1.94 bits per heavy atom. The molecule has 0 fully saturated rings. The van der Waals surface area contributed by atoms with Crippen LogP contribution in [0.25, 0.3) is 0 Å². The minimum Gasteiger partial charge on any atom is -0.423 e. The maximum absolute atomic E-state index is 11.1. The van der Waals surface area contributed by atoms with E-state index in [1.165, 1.54) is 4.57 Å². The molecule has 0 saturated carbocycles. The van der Waals surface area contributed by atoms with Crippen LogP contribution < -0.4 is 10.5 Å². The number of ether oxygens (including phenoxy) is 1. The molecule has 0 aliphatic carbocycles. The van der Waals surface area contributed by atoms with Crippen LogP contribution in [-0.4, -0.2) is 9.72 Å². The molecule has 16 heavy (non-hydrogen) atoms. The second-order valence-electron chi connectivity index (χ2n) is 3.61. The van der Waals surface area contributed by atoms with Gasteiger partial charge in [0, 0.05) is 7.05 Å². The highest BCUT2D eigenvalue weighted by Crippen LogP contribution is 2.26. The molecule has 0 atom stereocenters. The normalized spacial score (nSPS) is 10.4. The summed E-state index contributed by atoms with van der Waals surface area (Å²) in [5.74, 6) is 0.160. The van der Waals surface area contributed by atoms with Crippen LogP contribution in [0.4, 0.5) is 0 Å². The van der Waals surface area contributed by atoms with Gasteiger partial charge in [0.25, 0.3) is 0 Å². The molecule has 2 aromatic rings. The van der Waals surface area contributed by atoms with Crippen LogP contribution in [0.3, 0.4) is 0 Å². The minimum atomic E-state index is -0.541. The fraction of sp³-hybridized carbons (Fsp3) is 0.273.